The van der Waals surface area contributed by atoms with Crippen LogP contribution in [0.25, 0.3) is 0 Å². The molecule has 3 nitrogen and oxygen atoms in total. The fourth-order valence-electron chi connectivity index (χ4n) is 1.99. The first-order valence-corrected chi connectivity index (χ1v) is 5.29. The average Bonchev–Trinajstić information content (AvgIpc) is 2.69. The Kier molecular flexibility index (Phi) is 3.22. The van der Waals surface area contributed by atoms with Crippen molar-refractivity contribution >= 4 is 0 Å². The molecule has 14 heavy (non-hydrogen) atoms. The Morgan fingerprint density at radius 2 is 2.29 bits per heavy atom. The largest absolute Gasteiger partial charge is 0.472 e. The summed E-state index contributed by atoms with van der Waals surface area (Å²) in [5, 5.41) is 13.1. The zero-order valence-electron chi connectivity index (χ0n) is 8.28. The molecule has 1 saturated carbocycles. The van der Waals surface area contributed by atoms with E-state index in [1.165, 1.54) is 6.42 Å². The highest BCUT2D eigenvalue weighted by molar-refractivity contribution is 5.05. The molecule has 1 heterocycles. The summed E-state index contributed by atoms with van der Waals surface area (Å²) in [6, 6.07) is 2.21. The van der Waals surface area contributed by atoms with Crippen LogP contribution in [0.1, 0.15) is 31.2 Å². The van der Waals surface area contributed by atoms with Crippen LogP contribution in [0.5, 0.6) is 0 Å². The van der Waals surface area contributed by atoms with E-state index in [0.717, 1.165) is 31.4 Å². The summed E-state index contributed by atoms with van der Waals surface area (Å²) in [7, 11) is 0. The van der Waals surface area contributed by atoms with Crippen LogP contribution < -0.4 is 5.32 Å². The summed E-state index contributed by atoms with van der Waals surface area (Å²) in [4.78, 5) is 0. The van der Waals surface area contributed by atoms with Crippen molar-refractivity contribution in [2.24, 2.45) is 0 Å². The molecule has 1 aliphatic carbocycles. The van der Waals surface area contributed by atoms with Crippen LogP contribution in [0.4, 0.5) is 0 Å². The maximum atomic E-state index is 9.71. The Labute approximate surface area is 84.1 Å². The Hall–Kier alpha value is -0.800. The zero-order valence-corrected chi connectivity index (χ0v) is 8.28. The molecule has 1 aromatic heterocycles. The van der Waals surface area contributed by atoms with Gasteiger partial charge in [0, 0.05) is 18.2 Å². The van der Waals surface area contributed by atoms with Gasteiger partial charge < -0.3 is 14.8 Å². The molecule has 3 heteroatoms. The molecule has 0 aromatic carbocycles. The van der Waals surface area contributed by atoms with Crippen LogP contribution in [-0.4, -0.2) is 17.3 Å². The molecule has 0 aliphatic heterocycles. The topological polar surface area (TPSA) is 45.4 Å². The van der Waals surface area contributed by atoms with Crippen LogP contribution in [0, 0.1) is 0 Å². The standard InChI is InChI=1S/C11H17NO2/c13-11-4-2-1-3-10(11)12-7-9-5-6-14-8-9/h5-6,8,10-13H,1-4,7H2/t10-,11-/m0/s1. The van der Waals surface area contributed by atoms with Gasteiger partial charge in [0.2, 0.25) is 0 Å². The highest BCUT2D eigenvalue weighted by Gasteiger charge is 2.21. The molecule has 0 amide bonds. The fourth-order valence-corrected chi connectivity index (χ4v) is 1.99. The second kappa shape index (κ2) is 4.62. The lowest BCUT2D eigenvalue weighted by atomic mass is 9.92. The normalized spacial score (nSPS) is 27.8. The van der Waals surface area contributed by atoms with Crippen molar-refractivity contribution in [2.75, 3.05) is 0 Å². The summed E-state index contributed by atoms with van der Waals surface area (Å²) in [6.45, 7) is 0.790. The maximum Gasteiger partial charge on any atom is 0.0947 e. The van der Waals surface area contributed by atoms with Gasteiger partial charge >= 0.3 is 0 Å². The van der Waals surface area contributed by atoms with E-state index in [0.29, 0.717) is 0 Å². The van der Waals surface area contributed by atoms with Crippen molar-refractivity contribution in [3.8, 4) is 0 Å². The Balaban J connectivity index is 1.79. The van der Waals surface area contributed by atoms with Gasteiger partial charge in [-0.3, -0.25) is 0 Å². The summed E-state index contributed by atoms with van der Waals surface area (Å²) in [5.41, 5.74) is 1.14. The number of aliphatic hydroxyl groups is 1. The Morgan fingerprint density at radius 1 is 1.43 bits per heavy atom. The molecule has 2 rings (SSSR count). The minimum Gasteiger partial charge on any atom is -0.472 e. The molecular formula is C11H17NO2. The molecular weight excluding hydrogens is 178 g/mol. The van der Waals surface area contributed by atoms with Gasteiger partial charge in [-0.2, -0.15) is 0 Å². The molecule has 0 radical (unpaired) electrons. The molecule has 78 valence electrons. The van der Waals surface area contributed by atoms with E-state index in [9.17, 15) is 5.11 Å². The SMILES string of the molecule is O[C@H]1CCCC[C@@H]1NCc1ccoc1. The monoisotopic (exact) mass is 195 g/mol. The van der Waals surface area contributed by atoms with Crippen LogP contribution in [0.15, 0.2) is 23.0 Å². The first kappa shape index (κ1) is 9.74. The van der Waals surface area contributed by atoms with E-state index in [4.69, 9.17) is 4.42 Å². The predicted octanol–water partition coefficient (Wildman–Crippen LogP) is 1.67. The van der Waals surface area contributed by atoms with Crippen molar-refractivity contribution < 1.29 is 9.52 Å². The summed E-state index contributed by atoms with van der Waals surface area (Å²) >= 11 is 0. The highest BCUT2D eigenvalue weighted by Crippen LogP contribution is 2.18. The number of rotatable bonds is 3. The number of hydrogen-bond donors (Lipinski definition) is 2. The third kappa shape index (κ3) is 2.36. The molecule has 0 unspecified atom stereocenters. The third-order valence-corrected chi connectivity index (χ3v) is 2.88. The van der Waals surface area contributed by atoms with E-state index in [1.807, 2.05) is 6.07 Å². The minimum atomic E-state index is -0.171. The number of furan rings is 1. The van der Waals surface area contributed by atoms with Gasteiger partial charge in [-0.15, -0.1) is 0 Å². The van der Waals surface area contributed by atoms with Gasteiger partial charge in [0.05, 0.1) is 18.6 Å². The van der Waals surface area contributed by atoms with Crippen molar-refractivity contribution in [2.45, 2.75) is 44.4 Å². The number of nitrogens with one attached hydrogen (secondary N) is 1. The van der Waals surface area contributed by atoms with E-state index in [2.05, 4.69) is 5.32 Å². The first-order valence-electron chi connectivity index (χ1n) is 5.29. The molecule has 0 bridgehead atoms. The van der Waals surface area contributed by atoms with E-state index < -0.39 is 0 Å². The Morgan fingerprint density at radius 3 is 3.00 bits per heavy atom. The van der Waals surface area contributed by atoms with Crippen LogP contribution >= 0.6 is 0 Å². The number of hydrogen-bond acceptors (Lipinski definition) is 3. The third-order valence-electron chi connectivity index (χ3n) is 2.88. The lowest BCUT2D eigenvalue weighted by Gasteiger charge is -2.28. The van der Waals surface area contributed by atoms with Gasteiger partial charge in [-0.05, 0) is 18.9 Å². The second-order valence-corrected chi connectivity index (χ2v) is 3.97. The zero-order chi connectivity index (χ0) is 9.80. The van der Waals surface area contributed by atoms with Gasteiger partial charge in [0.1, 0.15) is 0 Å². The van der Waals surface area contributed by atoms with Crippen LogP contribution in [0.3, 0.4) is 0 Å². The summed E-state index contributed by atoms with van der Waals surface area (Å²) < 4.78 is 4.98. The van der Waals surface area contributed by atoms with Gasteiger partial charge in [-0.1, -0.05) is 12.8 Å². The Bertz CT molecular complexity index is 258. The van der Waals surface area contributed by atoms with Crippen molar-refractivity contribution in [3.05, 3.63) is 24.2 Å². The van der Waals surface area contributed by atoms with Gasteiger partial charge in [-0.25, -0.2) is 0 Å². The quantitative estimate of drug-likeness (QED) is 0.771. The molecule has 0 spiro atoms. The summed E-state index contributed by atoms with van der Waals surface area (Å²) in [6.07, 6.45) is 7.64. The highest BCUT2D eigenvalue weighted by atomic mass is 16.3. The first-order chi connectivity index (χ1) is 6.86. The van der Waals surface area contributed by atoms with E-state index in [-0.39, 0.29) is 12.1 Å². The molecule has 1 fully saturated rings. The number of aliphatic hydroxyl groups excluding tert-OH is 1. The van der Waals surface area contributed by atoms with E-state index in [1.54, 1.807) is 12.5 Å². The lowest BCUT2D eigenvalue weighted by Crippen LogP contribution is -2.41. The summed E-state index contributed by atoms with van der Waals surface area (Å²) in [5.74, 6) is 0. The van der Waals surface area contributed by atoms with Crippen LogP contribution in [0.2, 0.25) is 0 Å². The molecule has 0 saturated heterocycles. The second-order valence-electron chi connectivity index (χ2n) is 3.97. The van der Waals surface area contributed by atoms with Crippen molar-refractivity contribution in [3.63, 3.8) is 0 Å². The maximum absolute atomic E-state index is 9.71. The molecule has 1 aliphatic rings. The van der Waals surface area contributed by atoms with Crippen LogP contribution in [-0.2, 0) is 6.54 Å². The van der Waals surface area contributed by atoms with Crippen molar-refractivity contribution in [1.82, 2.24) is 5.32 Å². The lowest BCUT2D eigenvalue weighted by molar-refractivity contribution is 0.0902. The predicted molar refractivity (Wildman–Crippen MR) is 53.8 cm³/mol. The fraction of sp³-hybridized carbons (Fsp3) is 0.636. The minimum absolute atomic E-state index is 0.171. The smallest absolute Gasteiger partial charge is 0.0947 e. The average molecular weight is 195 g/mol. The van der Waals surface area contributed by atoms with Gasteiger partial charge in [0.15, 0.2) is 0 Å². The molecule has 1 aromatic rings. The molecule has 2 N–H and O–H groups in total. The van der Waals surface area contributed by atoms with Crippen molar-refractivity contribution in [1.29, 1.82) is 0 Å². The van der Waals surface area contributed by atoms with E-state index >= 15 is 0 Å². The van der Waals surface area contributed by atoms with Gasteiger partial charge in [0.25, 0.3) is 0 Å². The molecule has 2 atom stereocenters.